The van der Waals surface area contributed by atoms with Crippen LogP contribution in [0.15, 0.2) is 0 Å². The molecule has 0 bridgehead atoms. The lowest BCUT2D eigenvalue weighted by molar-refractivity contribution is -0.0180. The smallest absolute Gasteiger partial charge is 0.192 e. The van der Waals surface area contributed by atoms with Crippen LogP contribution in [0.3, 0.4) is 0 Å². The van der Waals surface area contributed by atoms with Crippen molar-refractivity contribution >= 4 is 8.32 Å². The lowest BCUT2D eigenvalue weighted by Gasteiger charge is -2.36. The van der Waals surface area contributed by atoms with Crippen LogP contribution in [0.2, 0.25) is 18.1 Å². The molecule has 7 nitrogen and oxygen atoms in total. The third-order valence-corrected chi connectivity index (χ3v) is 12.3. The van der Waals surface area contributed by atoms with E-state index < -0.39 is 8.32 Å². The summed E-state index contributed by atoms with van der Waals surface area (Å²) in [6, 6.07) is 0. The number of rotatable bonds is 33. The minimum atomic E-state index is -1.68. The second-order valence-electron chi connectivity index (χ2n) is 12.5. The van der Waals surface area contributed by atoms with E-state index in [9.17, 15) is 0 Å². The van der Waals surface area contributed by atoms with Crippen LogP contribution >= 0.6 is 0 Å². The first-order valence-corrected chi connectivity index (χ1v) is 19.8. The summed E-state index contributed by atoms with van der Waals surface area (Å²) in [5, 5.41) is 0.231. The summed E-state index contributed by atoms with van der Waals surface area (Å²) >= 11 is 0. The van der Waals surface area contributed by atoms with Crippen molar-refractivity contribution in [1.82, 2.24) is 0 Å². The Labute approximate surface area is 256 Å². The van der Waals surface area contributed by atoms with E-state index in [-0.39, 0.29) is 5.04 Å². The molecule has 0 atom stereocenters. The summed E-state index contributed by atoms with van der Waals surface area (Å²) in [6.07, 6.45) is 17.9. The summed E-state index contributed by atoms with van der Waals surface area (Å²) in [6.45, 7) is 21.5. The molecule has 248 valence electrons. The topological polar surface area (TPSA) is 64.6 Å². The fraction of sp³-hybridized carbons (Fsp3) is 1.00. The Morgan fingerprint density at radius 3 is 0.951 bits per heavy atom. The maximum atomic E-state index is 6.09. The van der Waals surface area contributed by atoms with Crippen molar-refractivity contribution in [3.05, 3.63) is 0 Å². The highest BCUT2D eigenvalue weighted by Gasteiger charge is 2.36. The van der Waals surface area contributed by atoms with Gasteiger partial charge in [0.1, 0.15) is 0 Å². The summed E-state index contributed by atoms with van der Waals surface area (Å²) in [5.74, 6) is 0. The summed E-state index contributed by atoms with van der Waals surface area (Å²) in [4.78, 5) is 0. The molecular formula is C33H70O7Si. The highest BCUT2D eigenvalue weighted by molar-refractivity contribution is 6.74. The van der Waals surface area contributed by atoms with Crippen LogP contribution in [0.5, 0.6) is 0 Å². The normalized spacial score (nSPS) is 12.4. The molecule has 0 radical (unpaired) electrons. The molecule has 8 heteroatoms. The molecule has 0 saturated carbocycles. The predicted octanol–water partition coefficient (Wildman–Crippen LogP) is 8.20. The molecule has 0 heterocycles. The van der Waals surface area contributed by atoms with E-state index in [1.807, 2.05) is 0 Å². The van der Waals surface area contributed by atoms with Crippen molar-refractivity contribution in [2.24, 2.45) is 0 Å². The SMILES string of the molecule is CCCCCCCCCCCCCCCOCCOCCOCCOCCOCCOCCO[Si](C)(C)C(C)(C)C. The molecule has 41 heavy (non-hydrogen) atoms. The average Bonchev–Trinajstić information content (AvgIpc) is 2.93. The van der Waals surface area contributed by atoms with Gasteiger partial charge in [-0.2, -0.15) is 0 Å². The first-order valence-electron chi connectivity index (χ1n) is 16.9. The van der Waals surface area contributed by atoms with Crippen molar-refractivity contribution in [2.75, 3.05) is 85.9 Å². The second-order valence-corrected chi connectivity index (χ2v) is 17.3. The maximum absolute atomic E-state index is 6.09. The van der Waals surface area contributed by atoms with Crippen LogP contribution in [0.25, 0.3) is 0 Å². The van der Waals surface area contributed by atoms with Gasteiger partial charge in [0.15, 0.2) is 8.32 Å². The van der Waals surface area contributed by atoms with E-state index >= 15 is 0 Å². The van der Waals surface area contributed by atoms with Crippen LogP contribution < -0.4 is 0 Å². The summed E-state index contributed by atoms with van der Waals surface area (Å²) in [5.41, 5.74) is 0. The first-order chi connectivity index (χ1) is 19.8. The van der Waals surface area contributed by atoms with Gasteiger partial charge >= 0.3 is 0 Å². The van der Waals surface area contributed by atoms with Gasteiger partial charge in [0.2, 0.25) is 0 Å². The van der Waals surface area contributed by atoms with Gasteiger partial charge in [0.05, 0.1) is 79.3 Å². The van der Waals surface area contributed by atoms with Crippen molar-refractivity contribution < 1.29 is 32.8 Å². The predicted molar refractivity (Wildman–Crippen MR) is 174 cm³/mol. The zero-order valence-electron chi connectivity index (χ0n) is 28.2. The van der Waals surface area contributed by atoms with Gasteiger partial charge in [-0.05, 0) is 24.6 Å². The standard InChI is InChI=1S/C33H70O7Si/c1-7-8-9-10-11-12-13-14-15-16-17-18-19-20-34-21-22-35-23-24-36-25-26-37-27-28-38-29-30-39-31-32-40-41(5,6)33(2,3)4/h7-32H2,1-6H3. The van der Waals surface area contributed by atoms with Crippen molar-refractivity contribution in [1.29, 1.82) is 0 Å². The molecule has 0 N–H and O–H groups in total. The van der Waals surface area contributed by atoms with E-state index in [1.54, 1.807) is 0 Å². The van der Waals surface area contributed by atoms with Crippen LogP contribution in [0, 0.1) is 0 Å². The average molecular weight is 607 g/mol. The number of hydrogen-bond donors (Lipinski definition) is 0. The molecule has 0 amide bonds. The molecule has 0 saturated heterocycles. The molecule has 0 rings (SSSR count). The lowest BCUT2D eigenvalue weighted by atomic mass is 10.0. The number of hydrogen-bond acceptors (Lipinski definition) is 7. The van der Waals surface area contributed by atoms with E-state index in [0.717, 1.165) is 13.0 Å². The van der Waals surface area contributed by atoms with Crippen LogP contribution in [-0.4, -0.2) is 94.2 Å². The van der Waals surface area contributed by atoms with Crippen molar-refractivity contribution in [3.63, 3.8) is 0 Å². The Kier molecular flexibility index (Phi) is 29.9. The van der Waals surface area contributed by atoms with Gasteiger partial charge in [0.25, 0.3) is 0 Å². The Bertz CT molecular complexity index is 514. The van der Waals surface area contributed by atoms with Gasteiger partial charge in [-0.15, -0.1) is 0 Å². The Morgan fingerprint density at radius 2 is 0.634 bits per heavy atom. The Hall–Kier alpha value is -0.0631. The lowest BCUT2D eigenvalue weighted by Crippen LogP contribution is -2.41. The molecule has 0 unspecified atom stereocenters. The fourth-order valence-corrected chi connectivity index (χ4v) is 5.02. The fourth-order valence-electron chi connectivity index (χ4n) is 4.00. The van der Waals surface area contributed by atoms with Gasteiger partial charge in [-0.25, -0.2) is 0 Å². The largest absolute Gasteiger partial charge is 0.414 e. The van der Waals surface area contributed by atoms with Gasteiger partial charge in [-0.3, -0.25) is 0 Å². The third kappa shape index (κ3) is 29.8. The second kappa shape index (κ2) is 30.0. The van der Waals surface area contributed by atoms with Gasteiger partial charge in [0, 0.05) is 6.61 Å². The van der Waals surface area contributed by atoms with Gasteiger partial charge < -0.3 is 32.8 Å². The molecule has 0 aromatic rings. The Balaban J connectivity index is 3.12. The molecule has 0 aliphatic rings. The van der Waals surface area contributed by atoms with Crippen LogP contribution in [0.1, 0.15) is 111 Å². The molecular weight excluding hydrogens is 536 g/mol. The first kappa shape index (κ1) is 40.9. The van der Waals surface area contributed by atoms with Crippen molar-refractivity contribution in [3.8, 4) is 0 Å². The van der Waals surface area contributed by atoms with E-state index in [2.05, 4.69) is 40.8 Å². The molecule has 0 aliphatic heterocycles. The zero-order chi connectivity index (χ0) is 30.3. The monoisotopic (exact) mass is 606 g/mol. The Morgan fingerprint density at radius 1 is 0.366 bits per heavy atom. The number of ether oxygens (including phenoxy) is 6. The van der Waals surface area contributed by atoms with E-state index in [1.165, 1.54) is 77.0 Å². The maximum Gasteiger partial charge on any atom is 0.192 e. The molecule has 0 aromatic carbocycles. The highest BCUT2D eigenvalue weighted by atomic mass is 28.4. The molecule has 0 aromatic heterocycles. The number of unbranched alkanes of at least 4 members (excludes halogenated alkanes) is 12. The van der Waals surface area contributed by atoms with Crippen LogP contribution in [-0.2, 0) is 32.8 Å². The van der Waals surface area contributed by atoms with Crippen LogP contribution in [0.4, 0.5) is 0 Å². The van der Waals surface area contributed by atoms with Gasteiger partial charge in [-0.1, -0.05) is 105 Å². The molecule has 0 spiro atoms. The quantitative estimate of drug-likeness (QED) is 0.0551. The molecule has 0 aliphatic carbocycles. The third-order valence-electron chi connectivity index (χ3n) is 7.75. The minimum Gasteiger partial charge on any atom is -0.414 e. The highest BCUT2D eigenvalue weighted by Crippen LogP contribution is 2.36. The van der Waals surface area contributed by atoms with Crippen molar-refractivity contribution in [2.45, 2.75) is 129 Å². The van der Waals surface area contributed by atoms with E-state index in [0.29, 0.717) is 79.3 Å². The molecule has 0 fully saturated rings. The minimum absolute atomic E-state index is 0.231. The zero-order valence-corrected chi connectivity index (χ0v) is 29.2. The summed E-state index contributed by atoms with van der Waals surface area (Å²) < 4.78 is 39.5. The van der Waals surface area contributed by atoms with E-state index in [4.69, 9.17) is 32.8 Å². The summed E-state index contributed by atoms with van der Waals surface area (Å²) in [7, 11) is -1.68.